The summed E-state index contributed by atoms with van der Waals surface area (Å²) in [5.41, 5.74) is -0.224. The number of fused-ring (bicyclic) bond motifs is 1. The number of carbonyl (C=O) groups excluding carboxylic acids is 1. The number of nitrogens with one attached hydrogen (secondary N) is 1. The van der Waals surface area contributed by atoms with E-state index in [-0.39, 0.29) is 23.8 Å². The van der Waals surface area contributed by atoms with E-state index < -0.39 is 5.97 Å². The van der Waals surface area contributed by atoms with Gasteiger partial charge in [0.25, 0.3) is 0 Å². The highest BCUT2D eigenvalue weighted by molar-refractivity contribution is 5.75. The molecule has 2 aliphatic rings. The number of carboxylic acids is 1. The molecule has 1 saturated heterocycles. The van der Waals surface area contributed by atoms with Crippen LogP contribution >= 0.6 is 0 Å². The van der Waals surface area contributed by atoms with Crippen LogP contribution in [0.15, 0.2) is 4.52 Å². The summed E-state index contributed by atoms with van der Waals surface area (Å²) in [6.45, 7) is 5.71. The molecule has 1 aromatic rings. The second-order valence-corrected chi connectivity index (χ2v) is 7.47. The standard InChI is InChI=1S/C17H26N4O4/c1-11(2)14-19-15(25-20-14)17-7-3-5-12(17)9-21(10-17)16(24)18-8-4-6-13(22)23/h11-12H,3-10H2,1-2H3,(H,18,24)(H,22,23)/t12-,17-/m1/s1. The van der Waals surface area contributed by atoms with E-state index in [0.717, 1.165) is 19.3 Å². The van der Waals surface area contributed by atoms with Crippen LogP contribution in [-0.2, 0) is 10.2 Å². The molecule has 0 aromatic carbocycles. The van der Waals surface area contributed by atoms with Crippen molar-refractivity contribution in [3.63, 3.8) is 0 Å². The molecule has 138 valence electrons. The first-order chi connectivity index (χ1) is 11.9. The van der Waals surface area contributed by atoms with Crippen molar-refractivity contribution < 1.29 is 19.2 Å². The average Bonchev–Trinajstić information content (AvgIpc) is 3.23. The SMILES string of the molecule is CC(C)c1noc([C@@]23CCC[C@@H]2CN(C(=O)NCCCC(=O)O)C3)n1. The van der Waals surface area contributed by atoms with Crippen LogP contribution in [-0.4, -0.2) is 51.8 Å². The number of nitrogens with zero attached hydrogens (tertiary/aromatic N) is 3. The van der Waals surface area contributed by atoms with Crippen molar-refractivity contribution in [1.82, 2.24) is 20.4 Å². The molecule has 0 unspecified atom stereocenters. The van der Waals surface area contributed by atoms with Gasteiger partial charge in [-0.3, -0.25) is 4.79 Å². The molecule has 1 aromatic heterocycles. The molecule has 25 heavy (non-hydrogen) atoms. The maximum atomic E-state index is 12.4. The molecule has 2 amide bonds. The lowest BCUT2D eigenvalue weighted by Gasteiger charge is -2.24. The highest BCUT2D eigenvalue weighted by Crippen LogP contribution is 2.50. The Kier molecular flexibility index (Phi) is 4.96. The van der Waals surface area contributed by atoms with Gasteiger partial charge in [0.15, 0.2) is 5.82 Å². The quantitative estimate of drug-likeness (QED) is 0.761. The fraction of sp³-hybridized carbons (Fsp3) is 0.765. The number of carbonyl (C=O) groups is 2. The average molecular weight is 350 g/mol. The third kappa shape index (κ3) is 3.48. The minimum Gasteiger partial charge on any atom is -0.481 e. The fourth-order valence-electron chi connectivity index (χ4n) is 4.01. The van der Waals surface area contributed by atoms with Gasteiger partial charge in [-0.25, -0.2) is 4.79 Å². The molecule has 2 atom stereocenters. The lowest BCUT2D eigenvalue weighted by Crippen LogP contribution is -2.41. The van der Waals surface area contributed by atoms with Gasteiger partial charge in [0.05, 0.1) is 5.41 Å². The van der Waals surface area contributed by atoms with Gasteiger partial charge in [-0.1, -0.05) is 25.4 Å². The van der Waals surface area contributed by atoms with Crippen molar-refractivity contribution in [2.75, 3.05) is 19.6 Å². The van der Waals surface area contributed by atoms with Crippen LogP contribution in [0.25, 0.3) is 0 Å². The Hall–Kier alpha value is -2.12. The summed E-state index contributed by atoms with van der Waals surface area (Å²) in [7, 11) is 0. The summed E-state index contributed by atoms with van der Waals surface area (Å²) in [4.78, 5) is 29.4. The largest absolute Gasteiger partial charge is 0.481 e. The minimum atomic E-state index is -0.846. The number of aromatic nitrogens is 2. The summed E-state index contributed by atoms with van der Waals surface area (Å²) in [6.07, 6.45) is 3.62. The number of urea groups is 1. The van der Waals surface area contributed by atoms with E-state index >= 15 is 0 Å². The number of carboxylic acid groups (broad SMARTS) is 1. The third-order valence-electron chi connectivity index (χ3n) is 5.39. The van der Waals surface area contributed by atoms with Gasteiger partial charge in [0.2, 0.25) is 5.89 Å². The van der Waals surface area contributed by atoms with Crippen molar-refractivity contribution in [2.45, 2.75) is 57.3 Å². The van der Waals surface area contributed by atoms with E-state index in [4.69, 9.17) is 9.63 Å². The molecule has 0 spiro atoms. The Morgan fingerprint density at radius 2 is 2.28 bits per heavy atom. The Labute approximate surface area is 147 Å². The molecule has 1 aliphatic carbocycles. The Bertz CT molecular complexity index is 644. The molecule has 3 rings (SSSR count). The Morgan fingerprint density at radius 1 is 1.48 bits per heavy atom. The zero-order chi connectivity index (χ0) is 18.0. The first-order valence-electron chi connectivity index (χ1n) is 9.01. The van der Waals surface area contributed by atoms with Gasteiger partial charge in [-0.15, -0.1) is 0 Å². The number of amides is 2. The molecular weight excluding hydrogens is 324 g/mol. The van der Waals surface area contributed by atoms with E-state index in [0.29, 0.717) is 43.7 Å². The highest BCUT2D eigenvalue weighted by atomic mass is 16.5. The second-order valence-electron chi connectivity index (χ2n) is 7.47. The van der Waals surface area contributed by atoms with Crippen LogP contribution in [0.4, 0.5) is 4.79 Å². The molecule has 0 bridgehead atoms. The molecule has 2 N–H and O–H groups in total. The van der Waals surface area contributed by atoms with Crippen LogP contribution in [0, 0.1) is 5.92 Å². The maximum absolute atomic E-state index is 12.4. The predicted molar refractivity (Wildman–Crippen MR) is 89.2 cm³/mol. The van der Waals surface area contributed by atoms with Crippen LogP contribution in [0.3, 0.4) is 0 Å². The van der Waals surface area contributed by atoms with Gasteiger partial charge >= 0.3 is 12.0 Å². The lowest BCUT2D eigenvalue weighted by atomic mass is 9.80. The monoisotopic (exact) mass is 350 g/mol. The van der Waals surface area contributed by atoms with Crippen LogP contribution in [0.2, 0.25) is 0 Å². The van der Waals surface area contributed by atoms with Crippen LogP contribution < -0.4 is 5.32 Å². The van der Waals surface area contributed by atoms with Gasteiger partial charge in [-0.05, 0) is 25.2 Å². The summed E-state index contributed by atoms with van der Waals surface area (Å²) < 4.78 is 5.58. The number of hydrogen-bond donors (Lipinski definition) is 2. The predicted octanol–water partition coefficient (Wildman–Crippen LogP) is 2.12. The van der Waals surface area contributed by atoms with E-state index in [2.05, 4.69) is 15.5 Å². The topological polar surface area (TPSA) is 109 Å². The van der Waals surface area contributed by atoms with Gasteiger partial charge in [0.1, 0.15) is 0 Å². The molecule has 1 aliphatic heterocycles. The Balaban J connectivity index is 1.65. The summed E-state index contributed by atoms with van der Waals surface area (Å²) in [5, 5.41) is 15.6. The number of hydrogen-bond acceptors (Lipinski definition) is 5. The van der Waals surface area contributed by atoms with Gasteiger partial charge in [0, 0.05) is 32.0 Å². The maximum Gasteiger partial charge on any atom is 0.317 e. The molecule has 0 radical (unpaired) electrons. The fourth-order valence-corrected chi connectivity index (χ4v) is 4.01. The lowest BCUT2D eigenvalue weighted by molar-refractivity contribution is -0.137. The minimum absolute atomic E-state index is 0.0623. The molecule has 8 nitrogen and oxygen atoms in total. The molecular formula is C17H26N4O4. The second kappa shape index (κ2) is 7.01. The number of likely N-dealkylation sites (tertiary alicyclic amines) is 1. The third-order valence-corrected chi connectivity index (χ3v) is 5.39. The van der Waals surface area contributed by atoms with Crippen molar-refractivity contribution in [1.29, 1.82) is 0 Å². The van der Waals surface area contributed by atoms with Crippen molar-refractivity contribution in [2.24, 2.45) is 5.92 Å². The smallest absolute Gasteiger partial charge is 0.317 e. The molecule has 8 heteroatoms. The Morgan fingerprint density at radius 3 is 2.96 bits per heavy atom. The zero-order valence-electron chi connectivity index (χ0n) is 14.8. The molecule has 2 heterocycles. The first kappa shape index (κ1) is 17.7. The van der Waals surface area contributed by atoms with Crippen LogP contribution in [0.5, 0.6) is 0 Å². The van der Waals surface area contributed by atoms with Crippen molar-refractivity contribution >= 4 is 12.0 Å². The van der Waals surface area contributed by atoms with E-state index in [9.17, 15) is 9.59 Å². The summed E-state index contributed by atoms with van der Waals surface area (Å²) in [6, 6.07) is -0.136. The summed E-state index contributed by atoms with van der Waals surface area (Å²) >= 11 is 0. The number of rotatable bonds is 6. The zero-order valence-corrected chi connectivity index (χ0v) is 14.8. The normalized spacial score (nSPS) is 25.4. The molecule has 2 fully saturated rings. The van der Waals surface area contributed by atoms with Gasteiger partial charge < -0.3 is 19.8 Å². The van der Waals surface area contributed by atoms with E-state index in [1.165, 1.54) is 0 Å². The van der Waals surface area contributed by atoms with Gasteiger partial charge in [-0.2, -0.15) is 4.98 Å². The molecule has 1 saturated carbocycles. The van der Waals surface area contributed by atoms with Crippen LogP contribution in [0.1, 0.15) is 63.6 Å². The van der Waals surface area contributed by atoms with E-state index in [1.807, 2.05) is 18.7 Å². The summed E-state index contributed by atoms with van der Waals surface area (Å²) in [5.74, 6) is 1.09. The first-order valence-corrected chi connectivity index (χ1v) is 9.01. The van der Waals surface area contributed by atoms with E-state index in [1.54, 1.807) is 0 Å². The van der Waals surface area contributed by atoms with Crippen molar-refractivity contribution in [3.8, 4) is 0 Å². The van der Waals surface area contributed by atoms with Crippen molar-refractivity contribution in [3.05, 3.63) is 11.7 Å². The highest BCUT2D eigenvalue weighted by Gasteiger charge is 2.55. The number of aliphatic carboxylic acids is 1.